The maximum Gasteiger partial charge on any atom is 0.120 e. The van der Waals surface area contributed by atoms with Crippen molar-refractivity contribution in [1.82, 2.24) is 4.90 Å². The van der Waals surface area contributed by atoms with Crippen molar-refractivity contribution in [3.8, 4) is 0 Å². The van der Waals surface area contributed by atoms with Gasteiger partial charge in [0, 0.05) is 49.9 Å². The van der Waals surface area contributed by atoms with Crippen molar-refractivity contribution in [1.29, 1.82) is 5.41 Å². The number of rotatable bonds is 5. The number of piperidine rings is 1. The van der Waals surface area contributed by atoms with Gasteiger partial charge in [0.1, 0.15) is 5.84 Å². The van der Waals surface area contributed by atoms with Crippen LogP contribution < -0.4 is 9.21 Å². The van der Waals surface area contributed by atoms with Gasteiger partial charge in [-0.3, -0.25) is 5.41 Å². The maximum atomic E-state index is 8.27. The fourth-order valence-electron chi connectivity index (χ4n) is 4.87. The summed E-state index contributed by atoms with van der Waals surface area (Å²) in [6.07, 6.45) is 15.0. The highest BCUT2D eigenvalue weighted by molar-refractivity contribution is 8.00. The van der Waals surface area contributed by atoms with E-state index in [1.54, 1.807) is 0 Å². The molecule has 0 amide bonds. The molecular weight excluding hydrogens is 404 g/mol. The van der Waals surface area contributed by atoms with E-state index in [4.69, 9.17) is 10.1 Å². The number of benzene rings is 1. The van der Waals surface area contributed by atoms with E-state index in [0.717, 1.165) is 19.6 Å². The molecule has 6 heteroatoms. The number of amidine groups is 1. The lowest BCUT2D eigenvalue weighted by Gasteiger charge is -2.35. The van der Waals surface area contributed by atoms with Gasteiger partial charge in [-0.25, -0.2) is 0 Å². The Kier molecular flexibility index (Phi) is 6.28. The molecular formula is C25H34N4OS. The van der Waals surface area contributed by atoms with Crippen LogP contribution in [0.1, 0.15) is 37.7 Å². The summed E-state index contributed by atoms with van der Waals surface area (Å²) < 4.78 is 7.83. The van der Waals surface area contributed by atoms with Gasteiger partial charge in [-0.2, -0.15) is 0 Å². The molecule has 4 fully saturated rings. The first-order valence-electron chi connectivity index (χ1n) is 11.8. The van der Waals surface area contributed by atoms with E-state index in [1.807, 2.05) is 24.1 Å². The number of ether oxygens (including phenoxy) is 1. The number of hydrogen-bond donors (Lipinski definition) is 1. The predicted molar refractivity (Wildman–Crippen MR) is 132 cm³/mol. The molecule has 0 radical (unpaired) electrons. The Hall–Kier alpha value is -1.92. The third-order valence-corrected chi connectivity index (χ3v) is 8.35. The monoisotopic (exact) mass is 438 g/mol. The summed E-state index contributed by atoms with van der Waals surface area (Å²) >= 11 is 1.95. The smallest absolute Gasteiger partial charge is 0.120 e. The van der Waals surface area contributed by atoms with Crippen LogP contribution in [0.3, 0.4) is 0 Å². The van der Waals surface area contributed by atoms with Crippen LogP contribution in [0.4, 0.5) is 11.4 Å². The zero-order chi connectivity index (χ0) is 21.1. The normalized spacial score (nSPS) is 23.4. The molecule has 3 saturated heterocycles. The first-order valence-corrected chi connectivity index (χ1v) is 12.7. The molecule has 1 N–H and O–H groups in total. The van der Waals surface area contributed by atoms with Crippen LogP contribution in [0.25, 0.3) is 6.08 Å². The minimum atomic E-state index is 0.570. The van der Waals surface area contributed by atoms with Gasteiger partial charge in [-0.1, -0.05) is 24.3 Å². The van der Waals surface area contributed by atoms with Gasteiger partial charge in [0.2, 0.25) is 0 Å². The van der Waals surface area contributed by atoms with E-state index >= 15 is 0 Å². The molecule has 0 aromatic heterocycles. The second-order valence-corrected chi connectivity index (χ2v) is 10.3. The fourth-order valence-corrected chi connectivity index (χ4v) is 5.87. The highest BCUT2D eigenvalue weighted by Gasteiger charge is 2.44. The minimum Gasteiger partial charge on any atom is -0.378 e. The number of nitrogens with one attached hydrogen (secondary N) is 1. The molecule has 1 aromatic rings. The molecule has 4 aliphatic rings. The third-order valence-electron chi connectivity index (χ3n) is 7.17. The van der Waals surface area contributed by atoms with Crippen LogP contribution in [0.2, 0.25) is 0 Å². The fraction of sp³-hybridized carbons (Fsp3) is 0.560. The Labute approximate surface area is 190 Å². The van der Waals surface area contributed by atoms with Gasteiger partial charge in [-0.15, -0.1) is 0 Å². The molecule has 5 nitrogen and oxygen atoms in total. The van der Waals surface area contributed by atoms with Gasteiger partial charge >= 0.3 is 0 Å². The molecule has 5 rings (SSSR count). The minimum absolute atomic E-state index is 0.570. The van der Waals surface area contributed by atoms with E-state index < -0.39 is 0 Å². The molecule has 3 heterocycles. The van der Waals surface area contributed by atoms with Crippen LogP contribution in [0.15, 0.2) is 36.4 Å². The topological polar surface area (TPSA) is 42.8 Å². The average Bonchev–Trinajstić information content (AvgIpc) is 3.34. The Bertz CT molecular complexity index is 841. The van der Waals surface area contributed by atoms with Crippen molar-refractivity contribution >= 4 is 35.2 Å². The molecule has 0 unspecified atom stereocenters. The summed E-state index contributed by atoms with van der Waals surface area (Å²) in [5.41, 5.74) is 4.68. The van der Waals surface area contributed by atoms with Gasteiger partial charge in [0.05, 0.1) is 13.2 Å². The van der Waals surface area contributed by atoms with Crippen molar-refractivity contribution in [2.75, 3.05) is 60.9 Å². The van der Waals surface area contributed by atoms with Crippen molar-refractivity contribution in [2.24, 2.45) is 5.41 Å². The Morgan fingerprint density at radius 2 is 1.81 bits per heavy atom. The second-order valence-electron chi connectivity index (χ2n) is 9.22. The number of hydrogen-bond acceptors (Lipinski definition) is 5. The second kappa shape index (κ2) is 9.29. The van der Waals surface area contributed by atoms with Gasteiger partial charge in [-0.05, 0) is 73.2 Å². The molecule has 1 aromatic carbocycles. The lowest BCUT2D eigenvalue weighted by atomic mass is 9.93. The molecule has 0 bridgehead atoms. The molecule has 166 valence electrons. The SMILES string of the molecule is N=C(/C=C\C=C\c1ccc(N2CCCS2)cc1N1CCC2(CC1)CC2)N1CCOCC1. The highest BCUT2D eigenvalue weighted by Crippen LogP contribution is 2.54. The number of allylic oxidation sites excluding steroid dienone is 2. The van der Waals surface area contributed by atoms with Gasteiger partial charge in [0.25, 0.3) is 0 Å². The summed E-state index contributed by atoms with van der Waals surface area (Å²) in [7, 11) is 0. The number of morpholine rings is 1. The van der Waals surface area contributed by atoms with Gasteiger partial charge < -0.3 is 18.8 Å². The zero-order valence-corrected chi connectivity index (χ0v) is 19.2. The largest absolute Gasteiger partial charge is 0.378 e. The molecule has 31 heavy (non-hydrogen) atoms. The summed E-state index contributed by atoms with van der Waals surface area (Å²) in [5, 5.41) is 8.27. The lowest BCUT2D eigenvalue weighted by Crippen LogP contribution is -2.39. The maximum absolute atomic E-state index is 8.27. The lowest BCUT2D eigenvalue weighted by molar-refractivity contribution is 0.0681. The van der Waals surface area contributed by atoms with Crippen LogP contribution in [-0.2, 0) is 4.74 Å². The molecule has 0 atom stereocenters. The van der Waals surface area contributed by atoms with Crippen LogP contribution in [0, 0.1) is 10.8 Å². The van der Waals surface area contributed by atoms with Crippen molar-refractivity contribution in [3.05, 3.63) is 42.0 Å². The molecule has 1 saturated carbocycles. The molecule has 1 spiro atoms. The van der Waals surface area contributed by atoms with E-state index in [9.17, 15) is 0 Å². The summed E-state index contributed by atoms with van der Waals surface area (Å²) in [4.78, 5) is 4.68. The Morgan fingerprint density at radius 3 is 2.52 bits per heavy atom. The third kappa shape index (κ3) is 4.96. The Morgan fingerprint density at radius 1 is 1.00 bits per heavy atom. The van der Waals surface area contributed by atoms with E-state index in [0.29, 0.717) is 24.5 Å². The number of anilines is 2. The average molecular weight is 439 g/mol. The molecule has 1 aliphatic carbocycles. The van der Waals surface area contributed by atoms with Crippen molar-refractivity contribution < 1.29 is 4.74 Å². The van der Waals surface area contributed by atoms with E-state index in [1.165, 1.54) is 67.9 Å². The summed E-state index contributed by atoms with van der Waals surface area (Å²) in [5.74, 6) is 1.80. The van der Waals surface area contributed by atoms with E-state index in [2.05, 4.69) is 44.5 Å². The van der Waals surface area contributed by atoms with Crippen LogP contribution in [0.5, 0.6) is 0 Å². The van der Waals surface area contributed by atoms with Crippen molar-refractivity contribution in [2.45, 2.75) is 32.1 Å². The standard InChI is InChI=1S/C25H34N4OS/c26-24(28-15-17-30-18-16-28)5-2-1-4-21-6-7-22(29-12-3-19-31-29)20-23(21)27-13-10-25(8-9-25)11-14-27/h1-2,4-7,20,26H,3,8-19H2/b4-1+,5-2-,26-24?. The summed E-state index contributed by atoms with van der Waals surface area (Å²) in [6.45, 7) is 6.55. The van der Waals surface area contributed by atoms with Crippen LogP contribution >= 0.6 is 11.9 Å². The first kappa shape index (κ1) is 21.0. The first-order chi connectivity index (χ1) is 15.2. The number of nitrogens with zero attached hydrogens (tertiary/aromatic N) is 3. The quantitative estimate of drug-likeness (QED) is 0.309. The summed E-state index contributed by atoms with van der Waals surface area (Å²) in [6, 6.07) is 6.96. The van der Waals surface area contributed by atoms with Crippen molar-refractivity contribution in [3.63, 3.8) is 0 Å². The van der Waals surface area contributed by atoms with Gasteiger partial charge in [0.15, 0.2) is 0 Å². The zero-order valence-electron chi connectivity index (χ0n) is 18.4. The predicted octanol–water partition coefficient (Wildman–Crippen LogP) is 4.80. The molecule has 3 aliphatic heterocycles. The van der Waals surface area contributed by atoms with E-state index in [-0.39, 0.29) is 0 Å². The highest BCUT2D eigenvalue weighted by atomic mass is 32.2. The Balaban J connectivity index is 1.30. The van der Waals surface area contributed by atoms with Crippen LogP contribution in [-0.4, -0.2) is 62.4 Å².